The van der Waals surface area contributed by atoms with Crippen LogP contribution in [0, 0.1) is 0 Å². The molecule has 0 spiro atoms. The minimum Gasteiger partial charge on any atom is -0.452 e. The molecular formula is C7H15N3O2. The van der Waals surface area contributed by atoms with E-state index in [0.29, 0.717) is 0 Å². The molecule has 0 aliphatic carbocycles. The highest BCUT2D eigenvalue weighted by molar-refractivity contribution is 5.66. The van der Waals surface area contributed by atoms with Crippen LogP contribution < -0.4 is 5.43 Å². The van der Waals surface area contributed by atoms with Crippen molar-refractivity contribution in [3.05, 3.63) is 0 Å². The molecule has 0 aromatic rings. The third kappa shape index (κ3) is 2.67. The van der Waals surface area contributed by atoms with Gasteiger partial charge in [-0.05, 0) is 7.05 Å². The van der Waals surface area contributed by atoms with E-state index in [1.807, 2.05) is 5.01 Å². The average molecular weight is 173 g/mol. The lowest BCUT2D eigenvalue weighted by Crippen LogP contribution is -2.52. The van der Waals surface area contributed by atoms with Gasteiger partial charge in [-0.2, -0.15) is 0 Å². The summed E-state index contributed by atoms with van der Waals surface area (Å²) in [7, 11) is 3.43. The van der Waals surface area contributed by atoms with Crippen LogP contribution in [0.5, 0.6) is 0 Å². The molecule has 1 aliphatic heterocycles. The van der Waals surface area contributed by atoms with Crippen LogP contribution in [0.3, 0.4) is 0 Å². The second-order valence-corrected chi connectivity index (χ2v) is 2.89. The number of hydrazine groups is 1. The van der Waals surface area contributed by atoms with E-state index in [4.69, 9.17) is 0 Å². The number of amides is 1. The molecule has 1 aliphatic rings. The topological polar surface area (TPSA) is 44.8 Å². The lowest BCUT2D eigenvalue weighted by molar-refractivity contribution is 0.0863. The van der Waals surface area contributed by atoms with Crippen LogP contribution >= 0.6 is 0 Å². The van der Waals surface area contributed by atoms with Crippen molar-refractivity contribution in [2.24, 2.45) is 0 Å². The first-order chi connectivity index (χ1) is 5.72. The van der Waals surface area contributed by atoms with Gasteiger partial charge in [0.25, 0.3) is 0 Å². The Morgan fingerprint density at radius 1 is 1.33 bits per heavy atom. The van der Waals surface area contributed by atoms with Gasteiger partial charge in [0.15, 0.2) is 0 Å². The highest BCUT2D eigenvalue weighted by atomic mass is 16.5. The Hall–Kier alpha value is -0.810. The number of rotatable bonds is 1. The molecule has 1 saturated heterocycles. The van der Waals surface area contributed by atoms with Gasteiger partial charge in [0.05, 0.1) is 7.11 Å². The molecule has 0 radical (unpaired) electrons. The molecule has 0 aromatic carbocycles. The van der Waals surface area contributed by atoms with Gasteiger partial charge < -0.3 is 9.64 Å². The fraction of sp³-hybridized carbons (Fsp3) is 0.857. The highest BCUT2D eigenvalue weighted by Gasteiger charge is 2.15. The molecule has 1 N–H and O–H groups in total. The molecule has 12 heavy (non-hydrogen) atoms. The zero-order valence-corrected chi connectivity index (χ0v) is 7.54. The van der Waals surface area contributed by atoms with E-state index >= 15 is 0 Å². The Bertz CT molecular complexity index is 155. The Balaban J connectivity index is 2.21. The molecule has 1 amide bonds. The molecule has 0 aromatic heterocycles. The highest BCUT2D eigenvalue weighted by Crippen LogP contribution is 1.95. The minimum absolute atomic E-state index is 0.389. The Morgan fingerprint density at radius 3 is 2.42 bits per heavy atom. The maximum Gasteiger partial charge on any atom is 0.421 e. The van der Waals surface area contributed by atoms with Crippen LogP contribution in [-0.2, 0) is 4.74 Å². The third-order valence-corrected chi connectivity index (χ3v) is 1.94. The van der Waals surface area contributed by atoms with Gasteiger partial charge in [0.1, 0.15) is 0 Å². The average Bonchev–Trinajstić information content (AvgIpc) is 2.09. The second-order valence-electron chi connectivity index (χ2n) is 2.89. The van der Waals surface area contributed by atoms with Crippen molar-refractivity contribution in [1.82, 2.24) is 15.3 Å². The standard InChI is InChI=1S/C7H15N3O2/c1-9-3-5-10(6-4-9)8-7(11)12-2/h3-6H2,1-2H3,(H,8,11). The largest absolute Gasteiger partial charge is 0.452 e. The Labute approximate surface area is 72.2 Å². The SMILES string of the molecule is COC(=O)NN1CCN(C)CC1. The lowest BCUT2D eigenvalue weighted by atomic mass is 10.4. The molecule has 5 nitrogen and oxygen atoms in total. The first-order valence-electron chi connectivity index (χ1n) is 4.00. The summed E-state index contributed by atoms with van der Waals surface area (Å²) in [4.78, 5) is 13.0. The summed E-state index contributed by atoms with van der Waals surface area (Å²) in [5.41, 5.74) is 2.63. The summed E-state index contributed by atoms with van der Waals surface area (Å²) in [6, 6.07) is 0. The van der Waals surface area contributed by atoms with Gasteiger partial charge in [-0.15, -0.1) is 0 Å². The number of nitrogens with zero attached hydrogens (tertiary/aromatic N) is 2. The zero-order valence-electron chi connectivity index (χ0n) is 7.54. The number of hydrogen-bond donors (Lipinski definition) is 1. The van der Waals surface area contributed by atoms with E-state index in [0.717, 1.165) is 26.2 Å². The van der Waals surface area contributed by atoms with Gasteiger partial charge in [0.2, 0.25) is 0 Å². The lowest BCUT2D eigenvalue weighted by Gasteiger charge is -2.31. The van der Waals surface area contributed by atoms with Gasteiger partial charge in [-0.1, -0.05) is 0 Å². The first-order valence-corrected chi connectivity index (χ1v) is 4.00. The van der Waals surface area contributed by atoms with E-state index in [-0.39, 0.29) is 6.09 Å². The van der Waals surface area contributed by atoms with E-state index in [9.17, 15) is 4.79 Å². The number of methoxy groups -OCH3 is 1. The number of likely N-dealkylation sites (N-methyl/N-ethyl adjacent to an activating group) is 1. The van der Waals surface area contributed by atoms with Crippen molar-refractivity contribution < 1.29 is 9.53 Å². The van der Waals surface area contributed by atoms with E-state index < -0.39 is 0 Å². The fourth-order valence-electron chi connectivity index (χ4n) is 1.09. The summed E-state index contributed by atoms with van der Waals surface area (Å²) in [6.45, 7) is 3.66. The van der Waals surface area contributed by atoms with Crippen molar-refractivity contribution >= 4 is 6.09 Å². The summed E-state index contributed by atoms with van der Waals surface area (Å²) < 4.78 is 4.47. The zero-order chi connectivity index (χ0) is 8.97. The van der Waals surface area contributed by atoms with Gasteiger partial charge in [0, 0.05) is 26.2 Å². The summed E-state index contributed by atoms with van der Waals surface area (Å²) in [5, 5.41) is 1.87. The molecule has 0 unspecified atom stereocenters. The van der Waals surface area contributed by atoms with Crippen molar-refractivity contribution in [2.45, 2.75) is 0 Å². The predicted octanol–water partition coefficient (Wildman–Crippen LogP) is -0.495. The molecule has 0 atom stereocenters. The van der Waals surface area contributed by atoms with Crippen LogP contribution in [0.25, 0.3) is 0 Å². The first kappa shape index (κ1) is 9.28. The minimum atomic E-state index is -0.389. The number of piperazine rings is 1. The summed E-state index contributed by atoms with van der Waals surface area (Å²) in [5.74, 6) is 0. The maximum atomic E-state index is 10.8. The van der Waals surface area contributed by atoms with Crippen molar-refractivity contribution in [1.29, 1.82) is 0 Å². The molecule has 5 heteroatoms. The maximum absolute atomic E-state index is 10.8. The monoisotopic (exact) mass is 173 g/mol. The molecule has 1 rings (SSSR count). The Morgan fingerprint density at radius 2 is 1.92 bits per heavy atom. The van der Waals surface area contributed by atoms with Crippen molar-refractivity contribution in [3.8, 4) is 0 Å². The summed E-state index contributed by atoms with van der Waals surface area (Å²) >= 11 is 0. The molecule has 0 saturated carbocycles. The van der Waals surface area contributed by atoms with E-state index in [1.54, 1.807) is 0 Å². The quantitative estimate of drug-likeness (QED) is 0.581. The second kappa shape index (κ2) is 4.27. The third-order valence-electron chi connectivity index (χ3n) is 1.94. The number of carbonyl (C=O) groups excluding carboxylic acids is 1. The smallest absolute Gasteiger partial charge is 0.421 e. The molecular weight excluding hydrogens is 158 g/mol. The van der Waals surface area contributed by atoms with E-state index in [2.05, 4.69) is 22.1 Å². The van der Waals surface area contributed by atoms with Gasteiger partial charge in [-0.25, -0.2) is 9.80 Å². The van der Waals surface area contributed by atoms with Crippen molar-refractivity contribution in [3.63, 3.8) is 0 Å². The van der Waals surface area contributed by atoms with Gasteiger partial charge >= 0.3 is 6.09 Å². The van der Waals surface area contributed by atoms with Crippen molar-refractivity contribution in [2.75, 3.05) is 40.3 Å². The molecule has 1 fully saturated rings. The predicted molar refractivity (Wildman–Crippen MR) is 44.6 cm³/mol. The van der Waals surface area contributed by atoms with Crippen LogP contribution in [0.2, 0.25) is 0 Å². The number of hydrogen-bond acceptors (Lipinski definition) is 4. The number of ether oxygens (including phenoxy) is 1. The van der Waals surface area contributed by atoms with Crippen LogP contribution in [0.4, 0.5) is 4.79 Å². The number of carbonyl (C=O) groups is 1. The van der Waals surface area contributed by atoms with Crippen LogP contribution in [0.15, 0.2) is 0 Å². The number of nitrogens with one attached hydrogen (secondary N) is 1. The summed E-state index contributed by atoms with van der Waals surface area (Å²) in [6.07, 6.45) is -0.389. The Kier molecular flexibility index (Phi) is 3.31. The van der Waals surface area contributed by atoms with E-state index in [1.165, 1.54) is 7.11 Å². The molecule has 1 heterocycles. The normalized spacial score (nSPS) is 20.5. The molecule has 70 valence electrons. The van der Waals surface area contributed by atoms with Crippen LogP contribution in [0.1, 0.15) is 0 Å². The fourth-order valence-corrected chi connectivity index (χ4v) is 1.09. The molecule has 0 bridgehead atoms. The van der Waals surface area contributed by atoms with Crippen LogP contribution in [-0.4, -0.2) is 56.3 Å². The van der Waals surface area contributed by atoms with Gasteiger partial charge in [-0.3, -0.25) is 5.43 Å².